The number of carbonyl (C=O) groups excluding carboxylic acids is 1. The molecule has 0 aromatic carbocycles. The number of nitrogens with one attached hydrogen (secondary N) is 1. The summed E-state index contributed by atoms with van der Waals surface area (Å²) in [5.41, 5.74) is 5.34. The maximum atomic E-state index is 11.5. The van der Waals surface area contributed by atoms with Gasteiger partial charge in [-0.15, -0.1) is 10.2 Å². The fraction of sp³-hybridized carbons (Fsp3) is 0.571. The molecule has 5 nitrogen and oxygen atoms in total. The van der Waals surface area contributed by atoms with E-state index in [0.29, 0.717) is 10.1 Å². The topological polar surface area (TPSA) is 80.9 Å². The molecule has 3 N–H and O–H groups in total. The van der Waals surface area contributed by atoms with Gasteiger partial charge in [-0.3, -0.25) is 4.79 Å². The largest absolute Gasteiger partial charge is 0.374 e. The fourth-order valence-electron chi connectivity index (χ4n) is 0.966. The molecule has 0 bridgehead atoms. The molecule has 1 aromatic heterocycles. The summed E-state index contributed by atoms with van der Waals surface area (Å²) in [7, 11) is 0. The van der Waals surface area contributed by atoms with Gasteiger partial charge in [0.05, 0.1) is 0 Å². The minimum atomic E-state index is -0.172. The third-order valence-corrected chi connectivity index (χ3v) is 2.80. The lowest BCUT2D eigenvalue weighted by molar-refractivity contribution is 0.0934. The van der Waals surface area contributed by atoms with Gasteiger partial charge in [0.25, 0.3) is 5.91 Å². The number of amides is 1. The van der Waals surface area contributed by atoms with Crippen molar-refractivity contribution in [3.05, 3.63) is 5.01 Å². The van der Waals surface area contributed by atoms with E-state index in [1.165, 1.54) is 0 Å². The molecule has 1 aliphatic rings. The molecule has 1 saturated carbocycles. The van der Waals surface area contributed by atoms with Crippen LogP contribution in [0, 0.1) is 0 Å². The first-order valence-corrected chi connectivity index (χ1v) is 4.82. The molecule has 0 atom stereocenters. The Kier molecular flexibility index (Phi) is 1.73. The summed E-state index contributed by atoms with van der Waals surface area (Å²) >= 11 is 1.11. The minimum Gasteiger partial charge on any atom is -0.374 e. The van der Waals surface area contributed by atoms with Gasteiger partial charge in [0.1, 0.15) is 0 Å². The van der Waals surface area contributed by atoms with Crippen LogP contribution in [0.25, 0.3) is 0 Å². The summed E-state index contributed by atoms with van der Waals surface area (Å²) in [5.74, 6) is -0.172. The number of rotatable bonds is 2. The molecule has 1 amide bonds. The van der Waals surface area contributed by atoms with Crippen LogP contribution in [0.2, 0.25) is 0 Å². The quantitative estimate of drug-likeness (QED) is 0.720. The van der Waals surface area contributed by atoms with Crippen molar-refractivity contribution >= 4 is 22.4 Å². The molecule has 1 aromatic rings. The van der Waals surface area contributed by atoms with Crippen molar-refractivity contribution in [2.45, 2.75) is 25.3 Å². The van der Waals surface area contributed by atoms with Crippen LogP contribution < -0.4 is 11.1 Å². The van der Waals surface area contributed by atoms with Gasteiger partial charge in [-0.1, -0.05) is 11.3 Å². The number of aromatic nitrogens is 2. The summed E-state index contributed by atoms with van der Waals surface area (Å²) in [6.07, 6.45) is 2.07. The lowest BCUT2D eigenvalue weighted by atomic mass is 10.3. The van der Waals surface area contributed by atoms with Crippen molar-refractivity contribution in [2.75, 3.05) is 5.73 Å². The number of nitrogen functional groups attached to an aromatic ring is 1. The second-order valence-corrected chi connectivity index (χ2v) is 4.47. The molecule has 0 saturated heterocycles. The molecule has 1 heterocycles. The Balaban J connectivity index is 2.05. The maximum Gasteiger partial charge on any atom is 0.282 e. The number of nitrogens with two attached hydrogens (primary N) is 1. The van der Waals surface area contributed by atoms with Crippen LogP contribution in [0.3, 0.4) is 0 Å². The van der Waals surface area contributed by atoms with Gasteiger partial charge in [0.15, 0.2) is 0 Å². The average Bonchev–Trinajstić information content (AvgIpc) is 2.62. The molecule has 70 valence electrons. The molecule has 2 rings (SSSR count). The number of carbonyl (C=O) groups is 1. The van der Waals surface area contributed by atoms with Crippen LogP contribution in [0.15, 0.2) is 0 Å². The van der Waals surface area contributed by atoms with Crippen molar-refractivity contribution in [1.29, 1.82) is 0 Å². The third kappa shape index (κ3) is 1.77. The third-order valence-electron chi connectivity index (χ3n) is 2.05. The Morgan fingerprint density at radius 3 is 2.77 bits per heavy atom. The molecule has 0 radical (unpaired) electrons. The van der Waals surface area contributed by atoms with E-state index in [4.69, 9.17) is 5.73 Å². The van der Waals surface area contributed by atoms with E-state index in [1.807, 2.05) is 6.92 Å². The molecule has 0 aliphatic heterocycles. The zero-order valence-corrected chi connectivity index (χ0v) is 8.02. The lowest BCUT2D eigenvalue weighted by Gasteiger charge is -2.08. The lowest BCUT2D eigenvalue weighted by Crippen LogP contribution is -2.34. The number of nitrogens with zero attached hydrogens (tertiary/aromatic N) is 2. The predicted octanol–water partition coefficient (Wildman–Crippen LogP) is 0.403. The van der Waals surface area contributed by atoms with Crippen molar-refractivity contribution < 1.29 is 4.79 Å². The van der Waals surface area contributed by atoms with Crippen molar-refractivity contribution in [3.63, 3.8) is 0 Å². The maximum absolute atomic E-state index is 11.5. The Hall–Kier alpha value is -1.17. The highest BCUT2D eigenvalue weighted by Gasteiger charge is 2.39. The van der Waals surface area contributed by atoms with E-state index in [2.05, 4.69) is 15.5 Å². The second kappa shape index (κ2) is 2.66. The Morgan fingerprint density at radius 1 is 1.62 bits per heavy atom. The molecule has 13 heavy (non-hydrogen) atoms. The van der Waals surface area contributed by atoms with Crippen LogP contribution >= 0.6 is 11.3 Å². The smallest absolute Gasteiger partial charge is 0.282 e. The molecular weight excluding hydrogens is 188 g/mol. The number of hydrogen-bond donors (Lipinski definition) is 2. The minimum absolute atomic E-state index is 0.0164. The monoisotopic (exact) mass is 198 g/mol. The van der Waals surface area contributed by atoms with E-state index >= 15 is 0 Å². The van der Waals surface area contributed by atoms with Gasteiger partial charge in [-0.05, 0) is 19.8 Å². The molecule has 6 heteroatoms. The molecule has 0 spiro atoms. The van der Waals surface area contributed by atoms with E-state index < -0.39 is 0 Å². The average molecular weight is 198 g/mol. The second-order valence-electron chi connectivity index (χ2n) is 3.46. The summed E-state index contributed by atoms with van der Waals surface area (Å²) in [6, 6.07) is 0. The standard InChI is InChI=1S/C7H10N4OS/c1-7(2-3-7)9-4(12)5-10-11-6(8)13-5/h2-3H2,1H3,(H2,8,11)(H,9,12). The van der Waals surface area contributed by atoms with Gasteiger partial charge >= 0.3 is 0 Å². The SMILES string of the molecule is CC1(NC(=O)c2nnc(N)s2)CC1. The van der Waals surface area contributed by atoms with Gasteiger partial charge in [0.2, 0.25) is 10.1 Å². The van der Waals surface area contributed by atoms with Gasteiger partial charge in [-0.25, -0.2) is 0 Å². The number of hydrogen-bond acceptors (Lipinski definition) is 5. The van der Waals surface area contributed by atoms with E-state index in [9.17, 15) is 4.79 Å². The zero-order chi connectivity index (χ0) is 9.47. The van der Waals surface area contributed by atoms with Crippen molar-refractivity contribution in [1.82, 2.24) is 15.5 Å². The summed E-state index contributed by atoms with van der Waals surface area (Å²) in [4.78, 5) is 11.5. The normalized spacial score (nSPS) is 18.2. The fourth-order valence-corrected chi connectivity index (χ4v) is 1.47. The zero-order valence-electron chi connectivity index (χ0n) is 7.20. The van der Waals surface area contributed by atoms with Gasteiger partial charge < -0.3 is 11.1 Å². The molecule has 1 aliphatic carbocycles. The summed E-state index contributed by atoms with van der Waals surface area (Å²) in [6.45, 7) is 2.01. The van der Waals surface area contributed by atoms with Crippen LogP contribution in [-0.2, 0) is 0 Å². The summed E-state index contributed by atoms with van der Waals surface area (Å²) in [5, 5.41) is 10.8. The van der Waals surface area contributed by atoms with Crippen molar-refractivity contribution in [2.24, 2.45) is 0 Å². The van der Waals surface area contributed by atoms with Gasteiger partial charge in [-0.2, -0.15) is 0 Å². The van der Waals surface area contributed by atoms with Gasteiger partial charge in [0, 0.05) is 5.54 Å². The molecule has 1 fully saturated rings. The van der Waals surface area contributed by atoms with Crippen molar-refractivity contribution in [3.8, 4) is 0 Å². The first-order valence-electron chi connectivity index (χ1n) is 4.01. The number of anilines is 1. The highest BCUT2D eigenvalue weighted by atomic mass is 32.1. The predicted molar refractivity (Wildman–Crippen MR) is 49.4 cm³/mol. The van der Waals surface area contributed by atoms with Crippen LogP contribution in [-0.4, -0.2) is 21.6 Å². The van der Waals surface area contributed by atoms with Crippen LogP contribution in [0.1, 0.15) is 29.6 Å². The first-order chi connectivity index (χ1) is 6.09. The Bertz CT molecular complexity index is 344. The first kappa shape index (κ1) is 8.43. The van der Waals surface area contributed by atoms with E-state index in [1.54, 1.807) is 0 Å². The summed E-state index contributed by atoms with van der Waals surface area (Å²) < 4.78 is 0. The Morgan fingerprint density at radius 2 is 2.31 bits per heavy atom. The van der Waals surface area contributed by atoms with E-state index in [0.717, 1.165) is 24.2 Å². The Labute approximate surface area is 79.3 Å². The van der Waals surface area contributed by atoms with E-state index in [-0.39, 0.29) is 11.4 Å². The highest BCUT2D eigenvalue weighted by Crippen LogP contribution is 2.34. The molecule has 0 unspecified atom stereocenters. The van der Waals surface area contributed by atoms with Crippen LogP contribution in [0.4, 0.5) is 5.13 Å². The molecular formula is C7H10N4OS. The highest BCUT2D eigenvalue weighted by molar-refractivity contribution is 7.16. The van der Waals surface area contributed by atoms with Crippen LogP contribution in [0.5, 0.6) is 0 Å².